The Bertz CT molecular complexity index is 374. The van der Waals surface area contributed by atoms with Crippen LogP contribution in [0.5, 0.6) is 0 Å². The highest BCUT2D eigenvalue weighted by Gasteiger charge is 2.24. The summed E-state index contributed by atoms with van der Waals surface area (Å²) in [6.45, 7) is 3.88. The van der Waals surface area contributed by atoms with Gasteiger partial charge in [-0.15, -0.1) is 0 Å². The predicted molar refractivity (Wildman–Crippen MR) is 63.5 cm³/mol. The number of carbonyl (C=O) groups is 1. The van der Waals surface area contributed by atoms with E-state index < -0.39 is 0 Å². The molecule has 86 valence electrons. The highest BCUT2D eigenvalue weighted by molar-refractivity contribution is 5.92. The fourth-order valence-electron chi connectivity index (χ4n) is 1.95. The fraction of sp³-hybridized carbons (Fsp3) is 0.500. The maximum absolute atomic E-state index is 12.0. The van der Waals surface area contributed by atoms with Crippen molar-refractivity contribution in [2.45, 2.75) is 13.3 Å². The molecule has 0 spiro atoms. The number of rotatable bonds is 2. The van der Waals surface area contributed by atoms with Crippen molar-refractivity contribution in [3.05, 3.63) is 24.0 Å². The lowest BCUT2D eigenvalue weighted by molar-refractivity contribution is 0.0782. The van der Waals surface area contributed by atoms with Crippen LogP contribution in [0.2, 0.25) is 0 Å². The summed E-state index contributed by atoms with van der Waals surface area (Å²) in [5.41, 5.74) is 1.46. The Morgan fingerprint density at radius 1 is 1.56 bits per heavy atom. The van der Waals surface area contributed by atoms with Crippen molar-refractivity contribution in [1.82, 2.24) is 9.88 Å². The Morgan fingerprint density at radius 2 is 2.38 bits per heavy atom. The number of carbonyl (C=O) groups excluding carboxylic acids is 1. The molecule has 0 aromatic carbocycles. The molecule has 1 fully saturated rings. The quantitative estimate of drug-likeness (QED) is 0.821. The molecule has 1 N–H and O–H groups in total. The molecular weight excluding hydrogens is 202 g/mol. The fourth-order valence-corrected chi connectivity index (χ4v) is 1.95. The molecule has 1 unspecified atom stereocenters. The Morgan fingerprint density at radius 3 is 2.88 bits per heavy atom. The molecule has 1 atom stereocenters. The summed E-state index contributed by atoms with van der Waals surface area (Å²) in [5.74, 6) is 0.660. The van der Waals surface area contributed by atoms with Crippen molar-refractivity contribution < 1.29 is 4.79 Å². The molecule has 4 heteroatoms. The first-order valence-electron chi connectivity index (χ1n) is 5.64. The third-order valence-corrected chi connectivity index (χ3v) is 2.98. The number of anilines is 1. The van der Waals surface area contributed by atoms with E-state index in [0.717, 1.165) is 25.2 Å². The van der Waals surface area contributed by atoms with E-state index in [1.807, 2.05) is 18.0 Å². The molecule has 2 rings (SSSR count). The van der Waals surface area contributed by atoms with E-state index >= 15 is 0 Å². The smallest absolute Gasteiger partial charge is 0.272 e. The standard InChI is InChI=1S/C12H17N3O/c1-9-5-6-15(8-9)12(16)11-4-3-10(13-2)7-14-11/h3-4,7,9,13H,5-6,8H2,1-2H3. The van der Waals surface area contributed by atoms with Crippen molar-refractivity contribution in [1.29, 1.82) is 0 Å². The van der Waals surface area contributed by atoms with E-state index in [4.69, 9.17) is 0 Å². The minimum Gasteiger partial charge on any atom is -0.387 e. The summed E-state index contributed by atoms with van der Waals surface area (Å²) < 4.78 is 0. The van der Waals surface area contributed by atoms with Gasteiger partial charge in [-0.25, -0.2) is 4.98 Å². The van der Waals surface area contributed by atoms with Crippen LogP contribution in [0, 0.1) is 5.92 Å². The van der Waals surface area contributed by atoms with Crippen LogP contribution < -0.4 is 5.32 Å². The van der Waals surface area contributed by atoms with Crippen molar-refractivity contribution in [2.75, 3.05) is 25.5 Å². The largest absolute Gasteiger partial charge is 0.387 e. The summed E-state index contributed by atoms with van der Waals surface area (Å²) >= 11 is 0. The maximum Gasteiger partial charge on any atom is 0.272 e. The van der Waals surface area contributed by atoms with E-state index in [9.17, 15) is 4.79 Å². The zero-order chi connectivity index (χ0) is 11.5. The molecule has 16 heavy (non-hydrogen) atoms. The number of nitrogens with zero attached hydrogens (tertiary/aromatic N) is 2. The molecule has 0 bridgehead atoms. The highest BCUT2D eigenvalue weighted by Crippen LogP contribution is 2.17. The van der Waals surface area contributed by atoms with Crippen LogP contribution in [-0.2, 0) is 0 Å². The normalized spacial score (nSPS) is 19.9. The van der Waals surface area contributed by atoms with Crippen molar-refractivity contribution in [3.8, 4) is 0 Å². The first kappa shape index (κ1) is 10.9. The molecule has 1 amide bonds. The van der Waals surface area contributed by atoms with Crippen molar-refractivity contribution >= 4 is 11.6 Å². The topological polar surface area (TPSA) is 45.2 Å². The van der Waals surface area contributed by atoms with Crippen LogP contribution in [0.1, 0.15) is 23.8 Å². The van der Waals surface area contributed by atoms with Gasteiger partial charge in [-0.1, -0.05) is 6.92 Å². The second-order valence-electron chi connectivity index (χ2n) is 4.33. The highest BCUT2D eigenvalue weighted by atomic mass is 16.2. The van der Waals surface area contributed by atoms with Crippen molar-refractivity contribution in [2.24, 2.45) is 5.92 Å². The molecule has 2 heterocycles. The van der Waals surface area contributed by atoms with Gasteiger partial charge in [-0.05, 0) is 24.5 Å². The Kier molecular flexibility index (Phi) is 3.08. The van der Waals surface area contributed by atoms with Gasteiger partial charge in [0.25, 0.3) is 5.91 Å². The third-order valence-electron chi connectivity index (χ3n) is 2.98. The van der Waals surface area contributed by atoms with Gasteiger partial charge in [0.05, 0.1) is 11.9 Å². The van der Waals surface area contributed by atoms with Gasteiger partial charge < -0.3 is 10.2 Å². The number of aromatic nitrogens is 1. The van der Waals surface area contributed by atoms with Crippen LogP contribution >= 0.6 is 0 Å². The van der Waals surface area contributed by atoms with Crippen LogP contribution in [0.25, 0.3) is 0 Å². The lowest BCUT2D eigenvalue weighted by atomic mass is 10.2. The van der Waals surface area contributed by atoms with Gasteiger partial charge >= 0.3 is 0 Å². The zero-order valence-corrected chi connectivity index (χ0v) is 9.73. The number of nitrogens with one attached hydrogen (secondary N) is 1. The van der Waals surface area contributed by atoms with Crippen LogP contribution in [0.3, 0.4) is 0 Å². The second-order valence-corrected chi connectivity index (χ2v) is 4.33. The molecule has 1 aliphatic rings. The molecule has 1 aliphatic heterocycles. The van der Waals surface area contributed by atoms with E-state index in [-0.39, 0.29) is 5.91 Å². The van der Waals surface area contributed by atoms with Crippen molar-refractivity contribution in [3.63, 3.8) is 0 Å². The average molecular weight is 219 g/mol. The van der Waals surface area contributed by atoms with Crippen LogP contribution in [-0.4, -0.2) is 35.9 Å². The van der Waals surface area contributed by atoms with E-state index in [2.05, 4.69) is 17.2 Å². The third kappa shape index (κ3) is 2.15. The Balaban J connectivity index is 2.08. The average Bonchev–Trinajstić information content (AvgIpc) is 2.75. The lowest BCUT2D eigenvalue weighted by Gasteiger charge is -2.15. The Labute approximate surface area is 95.7 Å². The van der Waals surface area contributed by atoms with E-state index in [1.165, 1.54) is 0 Å². The molecular formula is C12H17N3O. The van der Waals surface area contributed by atoms with Gasteiger partial charge in [-0.3, -0.25) is 4.79 Å². The summed E-state index contributed by atoms with van der Waals surface area (Å²) in [5, 5.41) is 2.98. The van der Waals surface area contributed by atoms with E-state index in [1.54, 1.807) is 12.3 Å². The van der Waals surface area contributed by atoms with Gasteiger partial charge in [0.15, 0.2) is 0 Å². The van der Waals surface area contributed by atoms with Crippen LogP contribution in [0.15, 0.2) is 18.3 Å². The maximum atomic E-state index is 12.0. The van der Waals surface area contributed by atoms with E-state index in [0.29, 0.717) is 11.6 Å². The van der Waals surface area contributed by atoms with Crippen LogP contribution in [0.4, 0.5) is 5.69 Å². The van der Waals surface area contributed by atoms with Gasteiger partial charge in [-0.2, -0.15) is 0 Å². The number of likely N-dealkylation sites (tertiary alicyclic amines) is 1. The summed E-state index contributed by atoms with van der Waals surface area (Å²) in [7, 11) is 1.83. The minimum absolute atomic E-state index is 0.0482. The zero-order valence-electron chi connectivity index (χ0n) is 9.73. The SMILES string of the molecule is CNc1ccc(C(=O)N2CCC(C)C2)nc1. The second kappa shape index (κ2) is 4.51. The lowest BCUT2D eigenvalue weighted by Crippen LogP contribution is -2.29. The summed E-state index contributed by atoms with van der Waals surface area (Å²) in [6.07, 6.45) is 2.78. The number of pyridine rings is 1. The molecule has 0 radical (unpaired) electrons. The predicted octanol–water partition coefficient (Wildman–Crippen LogP) is 1.61. The number of hydrogen-bond donors (Lipinski definition) is 1. The van der Waals surface area contributed by atoms with Gasteiger partial charge in [0.1, 0.15) is 5.69 Å². The minimum atomic E-state index is 0.0482. The first-order valence-corrected chi connectivity index (χ1v) is 5.64. The van der Waals surface area contributed by atoms with Gasteiger partial charge in [0.2, 0.25) is 0 Å². The summed E-state index contributed by atoms with van der Waals surface area (Å²) in [4.78, 5) is 18.1. The van der Waals surface area contributed by atoms with Gasteiger partial charge in [0, 0.05) is 20.1 Å². The molecule has 0 aliphatic carbocycles. The monoisotopic (exact) mass is 219 g/mol. The molecule has 0 saturated carbocycles. The molecule has 1 aromatic rings. The molecule has 1 saturated heterocycles. The summed E-state index contributed by atoms with van der Waals surface area (Å²) in [6, 6.07) is 3.65. The first-order chi connectivity index (χ1) is 7.70. The molecule has 1 aromatic heterocycles. The molecule has 4 nitrogen and oxygen atoms in total. The number of amides is 1. The Hall–Kier alpha value is -1.58. The number of hydrogen-bond acceptors (Lipinski definition) is 3.